The van der Waals surface area contributed by atoms with Gasteiger partial charge in [0.05, 0.1) is 12.9 Å². The van der Waals surface area contributed by atoms with Crippen molar-refractivity contribution in [2.75, 3.05) is 12.9 Å². The zero-order valence-electron chi connectivity index (χ0n) is 15.8. The molecular formula is C23H23NO3S. The molecule has 144 valence electrons. The van der Waals surface area contributed by atoms with Gasteiger partial charge in [-0.1, -0.05) is 42.5 Å². The van der Waals surface area contributed by atoms with Crippen molar-refractivity contribution in [3.63, 3.8) is 0 Å². The maximum absolute atomic E-state index is 12.1. The summed E-state index contributed by atoms with van der Waals surface area (Å²) in [6.07, 6.45) is 0. The Morgan fingerprint density at radius 3 is 2.21 bits per heavy atom. The molecule has 0 heterocycles. The molecule has 3 rings (SSSR count). The number of ether oxygens (including phenoxy) is 2. The Balaban J connectivity index is 1.39. The van der Waals surface area contributed by atoms with Crippen LogP contribution >= 0.6 is 11.8 Å². The van der Waals surface area contributed by atoms with Crippen molar-refractivity contribution in [1.29, 1.82) is 0 Å². The Kier molecular flexibility index (Phi) is 7.38. The lowest BCUT2D eigenvalue weighted by Crippen LogP contribution is -2.24. The smallest absolute Gasteiger partial charge is 0.230 e. The summed E-state index contributed by atoms with van der Waals surface area (Å²) in [5.41, 5.74) is 2.17. The first-order chi connectivity index (χ1) is 13.7. The lowest BCUT2D eigenvalue weighted by Gasteiger charge is -2.09. The van der Waals surface area contributed by atoms with Crippen LogP contribution in [0.25, 0.3) is 0 Å². The van der Waals surface area contributed by atoms with Crippen molar-refractivity contribution in [1.82, 2.24) is 5.32 Å². The first-order valence-corrected chi connectivity index (χ1v) is 10.0. The highest BCUT2D eigenvalue weighted by molar-refractivity contribution is 8.00. The molecule has 4 nitrogen and oxygen atoms in total. The topological polar surface area (TPSA) is 47.6 Å². The standard InChI is InChI=1S/C23H23NO3S/c1-26-20-11-13-22(14-12-20)28-17-23(25)24-15-18-7-9-21(10-8-18)27-16-19-5-3-2-4-6-19/h2-14H,15-17H2,1H3,(H,24,25). The van der Waals surface area contributed by atoms with Crippen molar-refractivity contribution >= 4 is 17.7 Å². The van der Waals surface area contributed by atoms with Crippen molar-refractivity contribution < 1.29 is 14.3 Å². The van der Waals surface area contributed by atoms with Gasteiger partial charge in [0.2, 0.25) is 5.91 Å². The molecule has 0 radical (unpaired) electrons. The maximum atomic E-state index is 12.1. The van der Waals surface area contributed by atoms with E-state index in [9.17, 15) is 4.79 Å². The minimum Gasteiger partial charge on any atom is -0.497 e. The van der Waals surface area contributed by atoms with E-state index in [1.165, 1.54) is 11.8 Å². The molecule has 0 saturated carbocycles. The van der Waals surface area contributed by atoms with Gasteiger partial charge in [-0.15, -0.1) is 11.8 Å². The van der Waals surface area contributed by atoms with Crippen LogP contribution in [0.5, 0.6) is 11.5 Å². The lowest BCUT2D eigenvalue weighted by molar-refractivity contribution is -0.118. The van der Waals surface area contributed by atoms with E-state index >= 15 is 0 Å². The molecule has 0 saturated heterocycles. The quantitative estimate of drug-likeness (QED) is 0.536. The zero-order valence-corrected chi connectivity index (χ0v) is 16.6. The Morgan fingerprint density at radius 2 is 1.54 bits per heavy atom. The molecule has 0 atom stereocenters. The molecule has 0 spiro atoms. The zero-order chi connectivity index (χ0) is 19.6. The lowest BCUT2D eigenvalue weighted by atomic mass is 10.2. The minimum atomic E-state index is 0.00484. The largest absolute Gasteiger partial charge is 0.497 e. The van der Waals surface area contributed by atoms with Crippen LogP contribution in [0.4, 0.5) is 0 Å². The second kappa shape index (κ2) is 10.4. The fraction of sp³-hybridized carbons (Fsp3) is 0.174. The van der Waals surface area contributed by atoms with Crippen molar-refractivity contribution in [2.45, 2.75) is 18.0 Å². The van der Waals surface area contributed by atoms with Gasteiger partial charge < -0.3 is 14.8 Å². The van der Waals surface area contributed by atoms with E-state index < -0.39 is 0 Å². The van der Waals surface area contributed by atoms with Gasteiger partial charge in [-0.3, -0.25) is 4.79 Å². The molecule has 0 bridgehead atoms. The summed E-state index contributed by atoms with van der Waals surface area (Å²) in [4.78, 5) is 13.1. The number of nitrogens with one attached hydrogen (secondary N) is 1. The highest BCUT2D eigenvalue weighted by Gasteiger charge is 2.04. The van der Waals surface area contributed by atoms with Gasteiger partial charge in [0, 0.05) is 11.4 Å². The van der Waals surface area contributed by atoms with E-state index in [0.717, 1.165) is 27.5 Å². The highest BCUT2D eigenvalue weighted by Crippen LogP contribution is 2.21. The van der Waals surface area contributed by atoms with E-state index in [4.69, 9.17) is 9.47 Å². The van der Waals surface area contributed by atoms with E-state index in [1.807, 2.05) is 78.9 Å². The Labute approximate surface area is 169 Å². The minimum absolute atomic E-state index is 0.00484. The molecule has 5 heteroatoms. The highest BCUT2D eigenvalue weighted by atomic mass is 32.2. The molecule has 0 unspecified atom stereocenters. The Bertz CT molecular complexity index is 865. The monoisotopic (exact) mass is 393 g/mol. The van der Waals surface area contributed by atoms with Crippen LogP contribution in [0, 0.1) is 0 Å². The fourth-order valence-electron chi connectivity index (χ4n) is 2.52. The normalized spacial score (nSPS) is 10.3. The fourth-order valence-corrected chi connectivity index (χ4v) is 3.25. The molecule has 0 aromatic heterocycles. The number of benzene rings is 3. The number of methoxy groups -OCH3 is 1. The summed E-state index contributed by atoms with van der Waals surface area (Å²) in [6.45, 7) is 1.04. The Morgan fingerprint density at radius 1 is 0.857 bits per heavy atom. The first-order valence-electron chi connectivity index (χ1n) is 9.02. The van der Waals surface area contributed by atoms with Gasteiger partial charge in [0.25, 0.3) is 0 Å². The van der Waals surface area contributed by atoms with E-state index in [0.29, 0.717) is 18.9 Å². The van der Waals surface area contributed by atoms with Gasteiger partial charge in [-0.2, -0.15) is 0 Å². The third kappa shape index (κ3) is 6.35. The van der Waals surface area contributed by atoms with E-state index in [2.05, 4.69) is 5.32 Å². The van der Waals surface area contributed by atoms with Crippen LogP contribution in [0.3, 0.4) is 0 Å². The summed E-state index contributed by atoms with van der Waals surface area (Å²) in [5.74, 6) is 2.01. The third-order valence-electron chi connectivity index (χ3n) is 4.09. The molecule has 0 fully saturated rings. The van der Waals surface area contributed by atoms with Crippen molar-refractivity contribution in [2.24, 2.45) is 0 Å². The van der Waals surface area contributed by atoms with Gasteiger partial charge in [-0.05, 0) is 47.5 Å². The number of rotatable bonds is 9. The van der Waals surface area contributed by atoms with Gasteiger partial charge in [0.1, 0.15) is 18.1 Å². The average molecular weight is 394 g/mol. The van der Waals surface area contributed by atoms with Crippen molar-refractivity contribution in [3.05, 3.63) is 90.0 Å². The number of thioether (sulfide) groups is 1. The van der Waals surface area contributed by atoms with Crippen LogP contribution in [0.1, 0.15) is 11.1 Å². The Hall–Kier alpha value is -2.92. The van der Waals surface area contributed by atoms with Gasteiger partial charge >= 0.3 is 0 Å². The van der Waals surface area contributed by atoms with E-state index in [-0.39, 0.29) is 5.91 Å². The van der Waals surface area contributed by atoms with Gasteiger partial charge in [-0.25, -0.2) is 0 Å². The van der Waals surface area contributed by atoms with Crippen LogP contribution in [0.15, 0.2) is 83.8 Å². The van der Waals surface area contributed by atoms with Crippen molar-refractivity contribution in [3.8, 4) is 11.5 Å². The number of carbonyl (C=O) groups excluding carboxylic acids is 1. The van der Waals surface area contributed by atoms with Crippen LogP contribution in [0.2, 0.25) is 0 Å². The average Bonchev–Trinajstić information content (AvgIpc) is 2.76. The predicted octanol–water partition coefficient (Wildman–Crippen LogP) is 4.68. The summed E-state index contributed by atoms with van der Waals surface area (Å²) >= 11 is 1.50. The van der Waals surface area contributed by atoms with Crippen LogP contribution in [-0.4, -0.2) is 18.8 Å². The molecule has 3 aromatic carbocycles. The third-order valence-corrected chi connectivity index (χ3v) is 5.10. The first kappa shape index (κ1) is 19.8. The summed E-state index contributed by atoms with van der Waals surface area (Å²) < 4.78 is 10.9. The number of amides is 1. The predicted molar refractivity (Wildman–Crippen MR) is 113 cm³/mol. The molecule has 3 aromatic rings. The molecule has 0 aliphatic heterocycles. The number of hydrogen-bond donors (Lipinski definition) is 1. The molecule has 1 N–H and O–H groups in total. The second-order valence-corrected chi connectivity index (χ2v) is 7.21. The molecule has 0 aliphatic carbocycles. The van der Waals surface area contributed by atoms with Crippen LogP contribution < -0.4 is 14.8 Å². The SMILES string of the molecule is COc1ccc(SCC(=O)NCc2ccc(OCc3ccccc3)cc2)cc1. The number of hydrogen-bond acceptors (Lipinski definition) is 4. The summed E-state index contributed by atoms with van der Waals surface area (Å²) in [6, 6.07) is 25.5. The molecule has 0 aliphatic rings. The molecule has 1 amide bonds. The summed E-state index contributed by atoms with van der Waals surface area (Å²) in [5, 5.41) is 2.94. The molecule has 28 heavy (non-hydrogen) atoms. The van der Waals surface area contributed by atoms with E-state index in [1.54, 1.807) is 7.11 Å². The maximum Gasteiger partial charge on any atom is 0.230 e. The number of carbonyl (C=O) groups is 1. The second-order valence-electron chi connectivity index (χ2n) is 6.16. The summed E-state index contributed by atoms with van der Waals surface area (Å²) in [7, 11) is 1.64. The van der Waals surface area contributed by atoms with Crippen LogP contribution in [-0.2, 0) is 17.9 Å². The van der Waals surface area contributed by atoms with Gasteiger partial charge in [0.15, 0.2) is 0 Å². The molecular weight excluding hydrogens is 370 g/mol.